The number of carbonyl (C=O) groups is 1. The summed E-state index contributed by atoms with van der Waals surface area (Å²) in [4.78, 5) is 18.9. The van der Waals surface area contributed by atoms with Crippen LogP contribution in [0.2, 0.25) is 0 Å². The number of aryl methyl sites for hydroxylation is 3. The van der Waals surface area contributed by atoms with Crippen molar-refractivity contribution in [3.63, 3.8) is 0 Å². The van der Waals surface area contributed by atoms with E-state index in [0.29, 0.717) is 4.88 Å². The Labute approximate surface area is 160 Å². The second kappa shape index (κ2) is 6.81. The van der Waals surface area contributed by atoms with Crippen molar-refractivity contribution < 1.29 is 4.79 Å². The molecule has 27 heavy (non-hydrogen) atoms. The van der Waals surface area contributed by atoms with Crippen LogP contribution in [-0.4, -0.2) is 31.5 Å². The van der Waals surface area contributed by atoms with Gasteiger partial charge in [0.15, 0.2) is 0 Å². The Balaban J connectivity index is 1.74. The second-order valence-corrected chi connectivity index (χ2v) is 7.28. The summed E-state index contributed by atoms with van der Waals surface area (Å²) in [6.45, 7) is 4.00. The first-order valence-electron chi connectivity index (χ1n) is 8.39. The van der Waals surface area contributed by atoms with E-state index in [1.807, 2.05) is 62.3 Å². The molecule has 0 unspecified atom stereocenters. The highest BCUT2D eigenvalue weighted by Crippen LogP contribution is 2.35. The molecule has 0 aliphatic rings. The minimum absolute atomic E-state index is 0.265. The Bertz CT molecular complexity index is 1150. The molecule has 0 saturated carbocycles. The number of nitrogens with one attached hydrogen (secondary N) is 1. The van der Waals surface area contributed by atoms with Gasteiger partial charge in [0.2, 0.25) is 0 Å². The Kier molecular flexibility index (Phi) is 4.33. The first kappa shape index (κ1) is 17.2. The van der Waals surface area contributed by atoms with Crippen molar-refractivity contribution in [1.82, 2.24) is 24.8 Å². The van der Waals surface area contributed by atoms with Gasteiger partial charge >= 0.3 is 0 Å². The summed E-state index contributed by atoms with van der Waals surface area (Å²) in [5.41, 5.74) is 6.29. The molecule has 0 saturated heterocycles. The van der Waals surface area contributed by atoms with Crippen LogP contribution >= 0.6 is 11.3 Å². The molecule has 0 aliphatic heterocycles. The molecule has 4 heterocycles. The predicted molar refractivity (Wildman–Crippen MR) is 107 cm³/mol. The van der Waals surface area contributed by atoms with Gasteiger partial charge in [0.1, 0.15) is 9.71 Å². The smallest absolute Gasteiger partial charge is 0.283 e. The summed E-state index contributed by atoms with van der Waals surface area (Å²) in [7, 11) is 1.83. The Morgan fingerprint density at radius 2 is 2.07 bits per heavy atom. The van der Waals surface area contributed by atoms with Crippen LogP contribution in [0.5, 0.6) is 0 Å². The van der Waals surface area contributed by atoms with Crippen LogP contribution in [0.1, 0.15) is 26.5 Å². The summed E-state index contributed by atoms with van der Waals surface area (Å²) < 4.78 is 3.62. The molecule has 0 bridgehead atoms. The molecule has 4 aromatic rings. The highest BCUT2D eigenvalue weighted by Gasteiger charge is 2.21. The van der Waals surface area contributed by atoms with Gasteiger partial charge in [-0.25, -0.2) is 10.4 Å². The average Bonchev–Trinajstić information content (AvgIpc) is 3.33. The molecule has 4 aromatic heterocycles. The fourth-order valence-electron chi connectivity index (χ4n) is 3.03. The monoisotopic (exact) mass is 378 g/mol. The van der Waals surface area contributed by atoms with Gasteiger partial charge < -0.3 is 4.57 Å². The number of hydrogen-bond acceptors (Lipinski definition) is 5. The fraction of sp³-hybridized carbons (Fsp3) is 0.158. The average molecular weight is 378 g/mol. The third-order valence-corrected chi connectivity index (χ3v) is 5.21. The third kappa shape index (κ3) is 3.26. The zero-order valence-corrected chi connectivity index (χ0v) is 16.0. The van der Waals surface area contributed by atoms with Crippen LogP contribution in [0, 0.1) is 13.8 Å². The summed E-state index contributed by atoms with van der Waals surface area (Å²) in [6.07, 6.45) is 8.92. The summed E-state index contributed by atoms with van der Waals surface area (Å²) in [6, 6.07) is 5.90. The first-order chi connectivity index (χ1) is 13.0. The number of fused-ring (bicyclic) bond motifs is 1. The van der Waals surface area contributed by atoms with Crippen molar-refractivity contribution in [2.45, 2.75) is 13.8 Å². The maximum atomic E-state index is 12.8. The zero-order valence-electron chi connectivity index (χ0n) is 15.2. The summed E-state index contributed by atoms with van der Waals surface area (Å²) in [5, 5.41) is 9.12. The molecule has 0 radical (unpaired) electrons. The van der Waals surface area contributed by atoms with E-state index in [4.69, 9.17) is 0 Å². The normalized spacial score (nSPS) is 11.5. The third-order valence-electron chi connectivity index (χ3n) is 4.14. The fourth-order valence-corrected chi connectivity index (χ4v) is 4.22. The van der Waals surface area contributed by atoms with Gasteiger partial charge in [0.05, 0.1) is 18.1 Å². The van der Waals surface area contributed by atoms with Gasteiger partial charge in [-0.15, -0.1) is 11.3 Å². The molecule has 1 amide bonds. The predicted octanol–water partition coefficient (Wildman–Crippen LogP) is 3.20. The highest BCUT2D eigenvalue weighted by atomic mass is 32.1. The van der Waals surface area contributed by atoms with E-state index in [2.05, 4.69) is 20.6 Å². The first-order valence-corrected chi connectivity index (χ1v) is 9.20. The van der Waals surface area contributed by atoms with E-state index >= 15 is 0 Å². The lowest BCUT2D eigenvalue weighted by Crippen LogP contribution is -2.18. The molecule has 0 fully saturated rings. The number of hydrazone groups is 1. The lowest BCUT2D eigenvalue weighted by molar-refractivity contribution is 0.0959. The van der Waals surface area contributed by atoms with Gasteiger partial charge in [-0.3, -0.25) is 9.48 Å². The minimum Gasteiger partial charge on any atom is -0.322 e. The standard InChI is InChI=1S/C19H18N6OS/c1-12-8-13(2)22-19-15(12)16(25-6-4-5-7-25)17(27-19)18(26)23-20-9-14-10-21-24(3)11-14/h4-11H,1-3H3,(H,23,26). The Morgan fingerprint density at radius 1 is 1.30 bits per heavy atom. The number of rotatable bonds is 4. The van der Waals surface area contributed by atoms with E-state index in [1.54, 1.807) is 17.1 Å². The van der Waals surface area contributed by atoms with E-state index in [-0.39, 0.29) is 5.91 Å². The van der Waals surface area contributed by atoms with Crippen molar-refractivity contribution in [3.8, 4) is 5.69 Å². The van der Waals surface area contributed by atoms with E-state index in [1.165, 1.54) is 11.3 Å². The van der Waals surface area contributed by atoms with Crippen molar-refractivity contribution in [3.05, 3.63) is 64.7 Å². The molecule has 0 aliphatic carbocycles. The lowest BCUT2D eigenvalue weighted by Gasteiger charge is -2.07. The highest BCUT2D eigenvalue weighted by molar-refractivity contribution is 7.21. The molecule has 0 spiro atoms. The van der Waals surface area contributed by atoms with E-state index in [9.17, 15) is 4.79 Å². The van der Waals surface area contributed by atoms with Crippen LogP contribution in [0.25, 0.3) is 15.9 Å². The molecule has 7 nitrogen and oxygen atoms in total. The van der Waals surface area contributed by atoms with Crippen LogP contribution in [0.15, 0.2) is 48.1 Å². The van der Waals surface area contributed by atoms with Gasteiger partial charge in [-0.1, -0.05) is 0 Å². The number of amides is 1. The van der Waals surface area contributed by atoms with Gasteiger partial charge in [-0.05, 0) is 37.6 Å². The van der Waals surface area contributed by atoms with Crippen LogP contribution < -0.4 is 5.43 Å². The number of pyridine rings is 1. The van der Waals surface area contributed by atoms with Crippen LogP contribution in [0.3, 0.4) is 0 Å². The van der Waals surface area contributed by atoms with Gasteiger partial charge in [-0.2, -0.15) is 10.2 Å². The van der Waals surface area contributed by atoms with E-state index in [0.717, 1.165) is 32.7 Å². The molecular formula is C19H18N6OS. The quantitative estimate of drug-likeness (QED) is 0.438. The van der Waals surface area contributed by atoms with Crippen molar-refractivity contribution >= 4 is 33.7 Å². The topological polar surface area (TPSA) is 77.1 Å². The van der Waals surface area contributed by atoms with E-state index < -0.39 is 0 Å². The Morgan fingerprint density at radius 3 is 2.78 bits per heavy atom. The second-order valence-electron chi connectivity index (χ2n) is 6.28. The summed E-state index contributed by atoms with van der Waals surface area (Å²) >= 11 is 1.37. The molecule has 8 heteroatoms. The molecule has 136 valence electrons. The van der Waals surface area contributed by atoms with Crippen molar-refractivity contribution in [2.24, 2.45) is 12.1 Å². The Hall–Kier alpha value is -3.26. The molecule has 4 rings (SSSR count). The minimum atomic E-state index is -0.265. The van der Waals surface area contributed by atoms with Crippen LogP contribution in [0.4, 0.5) is 0 Å². The molecule has 1 N–H and O–H groups in total. The van der Waals surface area contributed by atoms with Gasteiger partial charge in [0, 0.05) is 42.3 Å². The lowest BCUT2D eigenvalue weighted by atomic mass is 10.1. The number of aromatic nitrogens is 4. The van der Waals surface area contributed by atoms with Gasteiger partial charge in [0.25, 0.3) is 5.91 Å². The number of thiophene rings is 1. The van der Waals surface area contributed by atoms with Crippen LogP contribution in [-0.2, 0) is 7.05 Å². The maximum Gasteiger partial charge on any atom is 0.283 e. The molecular weight excluding hydrogens is 360 g/mol. The zero-order chi connectivity index (χ0) is 19.0. The summed E-state index contributed by atoms with van der Waals surface area (Å²) in [5.74, 6) is -0.265. The number of hydrogen-bond donors (Lipinski definition) is 1. The SMILES string of the molecule is Cc1cc(C)c2c(-n3cccc3)c(C(=O)NN=Cc3cnn(C)c3)sc2n1. The van der Waals surface area contributed by atoms with Crippen molar-refractivity contribution in [1.29, 1.82) is 0 Å². The maximum absolute atomic E-state index is 12.8. The largest absolute Gasteiger partial charge is 0.322 e. The molecule has 0 atom stereocenters. The number of carbonyl (C=O) groups excluding carboxylic acids is 1. The van der Waals surface area contributed by atoms with Crippen molar-refractivity contribution in [2.75, 3.05) is 0 Å². The molecule has 0 aromatic carbocycles. The number of nitrogens with zero attached hydrogens (tertiary/aromatic N) is 5.